The molecule has 0 spiro atoms. The van der Waals surface area contributed by atoms with Gasteiger partial charge in [0.05, 0.1) is 12.8 Å². The van der Waals surface area contributed by atoms with E-state index in [1.54, 1.807) is 23.6 Å². The second kappa shape index (κ2) is 5.05. The van der Waals surface area contributed by atoms with Gasteiger partial charge in [-0.1, -0.05) is 17.8 Å². The summed E-state index contributed by atoms with van der Waals surface area (Å²) in [6.07, 6.45) is 0. The number of hydrogen-bond acceptors (Lipinski definition) is 6. The molecule has 6 nitrogen and oxygen atoms in total. The predicted octanol–water partition coefficient (Wildman–Crippen LogP) is 1.09. The van der Waals surface area contributed by atoms with Crippen LogP contribution in [0.25, 0.3) is 0 Å². The van der Waals surface area contributed by atoms with Crippen LogP contribution in [0.2, 0.25) is 0 Å². The highest BCUT2D eigenvalue weighted by Gasteiger charge is 2.05. The molecule has 1 aromatic carbocycles. The zero-order valence-corrected chi connectivity index (χ0v) is 10.4. The summed E-state index contributed by atoms with van der Waals surface area (Å²) in [4.78, 5) is 0. The molecule has 0 saturated heterocycles. The number of hydrogen-bond donors (Lipinski definition) is 1. The topological polar surface area (TPSA) is 78.9 Å². The first-order valence-corrected chi connectivity index (χ1v) is 5.97. The van der Waals surface area contributed by atoms with Crippen LogP contribution < -0.4 is 10.5 Å². The van der Waals surface area contributed by atoms with E-state index in [0.717, 1.165) is 16.5 Å². The van der Waals surface area contributed by atoms with Crippen molar-refractivity contribution in [2.75, 3.05) is 12.8 Å². The summed E-state index contributed by atoms with van der Waals surface area (Å²) < 4.78 is 6.74. The molecule has 0 saturated carbocycles. The van der Waals surface area contributed by atoms with Crippen LogP contribution in [0.5, 0.6) is 5.75 Å². The smallest absolute Gasteiger partial charge is 0.209 e. The molecule has 0 unspecified atom stereocenters. The van der Waals surface area contributed by atoms with Gasteiger partial charge in [0.2, 0.25) is 5.16 Å². The fraction of sp³-hybridized carbons (Fsp3) is 0.300. The lowest BCUT2D eigenvalue weighted by molar-refractivity contribution is 0.417. The minimum absolute atomic E-state index is 0.640. The largest absolute Gasteiger partial charge is 0.495 e. The normalized spacial score (nSPS) is 10.5. The standard InChI is InChI=1S/C10H13N5OS/c1-15-10(12-13-14-15)17-6-7-3-4-9(16-2)8(11)5-7/h3-5H,6,11H2,1-2H3. The molecule has 0 bridgehead atoms. The van der Waals surface area contributed by atoms with Crippen LogP contribution in [0.15, 0.2) is 23.4 Å². The van der Waals surface area contributed by atoms with Crippen LogP contribution in [0, 0.1) is 0 Å². The number of anilines is 1. The fourth-order valence-corrected chi connectivity index (χ4v) is 2.16. The van der Waals surface area contributed by atoms with Gasteiger partial charge < -0.3 is 10.5 Å². The quantitative estimate of drug-likeness (QED) is 0.647. The Bertz CT molecular complexity index is 513. The molecule has 0 radical (unpaired) electrons. The Labute approximate surface area is 103 Å². The van der Waals surface area contributed by atoms with Crippen molar-refractivity contribution in [3.63, 3.8) is 0 Å². The fourth-order valence-electron chi connectivity index (χ4n) is 1.37. The maximum Gasteiger partial charge on any atom is 0.209 e. The number of aryl methyl sites for hydroxylation is 1. The molecule has 0 aliphatic carbocycles. The number of ether oxygens (including phenoxy) is 1. The van der Waals surface area contributed by atoms with Gasteiger partial charge in [-0.2, -0.15) is 0 Å². The number of tetrazole rings is 1. The maximum absolute atomic E-state index is 5.83. The van der Waals surface area contributed by atoms with Crippen molar-refractivity contribution in [2.45, 2.75) is 10.9 Å². The number of nitrogens with two attached hydrogens (primary N) is 1. The second-order valence-electron chi connectivity index (χ2n) is 3.45. The minimum Gasteiger partial charge on any atom is -0.495 e. The molecule has 0 fully saturated rings. The zero-order chi connectivity index (χ0) is 12.3. The van der Waals surface area contributed by atoms with Gasteiger partial charge in [-0.3, -0.25) is 0 Å². The molecule has 2 N–H and O–H groups in total. The van der Waals surface area contributed by atoms with Crippen molar-refractivity contribution in [3.8, 4) is 5.75 Å². The summed E-state index contributed by atoms with van der Waals surface area (Å²) >= 11 is 1.56. The van der Waals surface area contributed by atoms with E-state index < -0.39 is 0 Å². The highest BCUT2D eigenvalue weighted by molar-refractivity contribution is 7.98. The van der Waals surface area contributed by atoms with Gasteiger partial charge in [-0.15, -0.1) is 5.10 Å². The van der Waals surface area contributed by atoms with Crippen molar-refractivity contribution < 1.29 is 4.74 Å². The van der Waals surface area contributed by atoms with Gasteiger partial charge in [0.25, 0.3) is 0 Å². The summed E-state index contributed by atoms with van der Waals surface area (Å²) in [5.74, 6) is 1.46. The van der Waals surface area contributed by atoms with Crippen LogP contribution in [0.3, 0.4) is 0 Å². The number of aromatic nitrogens is 4. The molecule has 2 aromatic rings. The van der Waals surface area contributed by atoms with Gasteiger partial charge >= 0.3 is 0 Å². The van der Waals surface area contributed by atoms with Crippen molar-refractivity contribution in [1.82, 2.24) is 20.2 Å². The number of nitrogens with zero attached hydrogens (tertiary/aromatic N) is 4. The van der Waals surface area contributed by atoms with Gasteiger partial charge in [0.1, 0.15) is 5.75 Å². The Balaban J connectivity index is 2.05. The van der Waals surface area contributed by atoms with Crippen LogP contribution in [-0.4, -0.2) is 27.3 Å². The molecule has 0 amide bonds. The Morgan fingerprint density at radius 1 is 1.47 bits per heavy atom. The third-order valence-electron chi connectivity index (χ3n) is 2.24. The first-order valence-electron chi connectivity index (χ1n) is 4.98. The first kappa shape index (κ1) is 11.7. The lowest BCUT2D eigenvalue weighted by Gasteiger charge is -2.06. The van der Waals surface area contributed by atoms with Crippen LogP contribution >= 0.6 is 11.8 Å². The van der Waals surface area contributed by atoms with Crippen LogP contribution in [0.1, 0.15) is 5.56 Å². The SMILES string of the molecule is COc1ccc(CSc2nnnn2C)cc1N. The van der Waals surface area contributed by atoms with Gasteiger partial charge in [-0.05, 0) is 28.1 Å². The van der Waals surface area contributed by atoms with E-state index >= 15 is 0 Å². The molecule has 0 aliphatic rings. The molecule has 7 heteroatoms. The van der Waals surface area contributed by atoms with Crippen molar-refractivity contribution >= 4 is 17.4 Å². The van der Waals surface area contributed by atoms with Crippen molar-refractivity contribution in [2.24, 2.45) is 7.05 Å². The zero-order valence-electron chi connectivity index (χ0n) is 9.62. The molecule has 2 rings (SSSR count). The van der Waals surface area contributed by atoms with E-state index in [2.05, 4.69) is 15.5 Å². The summed E-state index contributed by atoms with van der Waals surface area (Å²) in [7, 11) is 3.41. The summed E-state index contributed by atoms with van der Waals surface area (Å²) in [6, 6.07) is 5.74. The number of benzene rings is 1. The second-order valence-corrected chi connectivity index (χ2v) is 4.39. The monoisotopic (exact) mass is 251 g/mol. The Hall–Kier alpha value is -1.76. The Morgan fingerprint density at radius 2 is 2.29 bits per heavy atom. The summed E-state index contributed by atoms with van der Waals surface area (Å²) in [5, 5.41) is 12.0. The number of rotatable bonds is 4. The molecule has 1 heterocycles. The third kappa shape index (κ3) is 2.68. The highest BCUT2D eigenvalue weighted by Crippen LogP contribution is 2.25. The Morgan fingerprint density at radius 3 is 2.88 bits per heavy atom. The number of thioether (sulfide) groups is 1. The predicted molar refractivity (Wildman–Crippen MR) is 65.8 cm³/mol. The highest BCUT2D eigenvalue weighted by atomic mass is 32.2. The van der Waals surface area contributed by atoms with E-state index in [4.69, 9.17) is 10.5 Å². The average molecular weight is 251 g/mol. The van der Waals surface area contributed by atoms with Gasteiger partial charge in [0, 0.05) is 12.8 Å². The van der Waals surface area contributed by atoms with E-state index in [9.17, 15) is 0 Å². The lowest BCUT2D eigenvalue weighted by Crippen LogP contribution is -1.95. The average Bonchev–Trinajstić information content (AvgIpc) is 2.72. The van der Waals surface area contributed by atoms with Crippen molar-refractivity contribution in [1.29, 1.82) is 0 Å². The molecule has 0 aliphatic heterocycles. The number of methoxy groups -OCH3 is 1. The third-order valence-corrected chi connectivity index (χ3v) is 3.33. The van der Waals surface area contributed by atoms with Crippen molar-refractivity contribution in [3.05, 3.63) is 23.8 Å². The molecular weight excluding hydrogens is 238 g/mol. The minimum atomic E-state index is 0.640. The molecule has 0 atom stereocenters. The molecule has 1 aromatic heterocycles. The van der Waals surface area contributed by atoms with E-state index in [1.165, 1.54) is 0 Å². The van der Waals surface area contributed by atoms with Gasteiger partial charge in [0.15, 0.2) is 0 Å². The first-order chi connectivity index (χ1) is 8.20. The molecule has 17 heavy (non-hydrogen) atoms. The van der Waals surface area contributed by atoms with Gasteiger partial charge in [-0.25, -0.2) is 4.68 Å². The summed E-state index contributed by atoms with van der Waals surface area (Å²) in [6.45, 7) is 0. The van der Waals surface area contributed by atoms with Crippen LogP contribution in [-0.2, 0) is 12.8 Å². The van der Waals surface area contributed by atoms with E-state index in [0.29, 0.717) is 11.4 Å². The summed E-state index contributed by atoms with van der Waals surface area (Å²) in [5.41, 5.74) is 7.58. The van der Waals surface area contributed by atoms with Crippen LogP contribution in [0.4, 0.5) is 5.69 Å². The molecule has 90 valence electrons. The van der Waals surface area contributed by atoms with E-state index in [1.807, 2.05) is 25.2 Å². The Kier molecular flexibility index (Phi) is 3.48. The van der Waals surface area contributed by atoms with E-state index in [-0.39, 0.29) is 0 Å². The lowest BCUT2D eigenvalue weighted by atomic mass is 10.2. The molecular formula is C10H13N5OS. The number of nitrogen functional groups attached to an aromatic ring is 1. The maximum atomic E-state index is 5.83.